The van der Waals surface area contributed by atoms with Crippen molar-refractivity contribution in [1.29, 1.82) is 0 Å². The van der Waals surface area contributed by atoms with Crippen LogP contribution in [0.1, 0.15) is 6.92 Å². The Hall–Kier alpha value is -2.96. The molecule has 0 atom stereocenters. The Morgan fingerprint density at radius 3 is 1.41 bits per heavy atom. The molecule has 0 saturated heterocycles. The third-order valence-corrected chi connectivity index (χ3v) is 10.1. The number of allylic oxidation sites excluding steroid dienone is 1. The minimum Gasteiger partial charge on any atom is -0.218 e. The van der Waals surface area contributed by atoms with E-state index in [1.807, 2.05) is 48.5 Å². The maximum atomic E-state index is 13.5. The van der Waals surface area contributed by atoms with Gasteiger partial charge < -0.3 is 0 Å². The quantitative estimate of drug-likeness (QED) is 0.398. The predicted octanol–water partition coefficient (Wildman–Crippen LogP) is 5.08. The fraction of sp³-hybridized carbons (Fsp3) is 0.0435. The summed E-state index contributed by atoms with van der Waals surface area (Å²) in [6.45, 7) is 1.44. The zero-order valence-electron chi connectivity index (χ0n) is 15.5. The first kappa shape index (κ1) is 18.1. The normalized spacial score (nSPS) is 16.8. The molecule has 1 aliphatic heterocycles. The van der Waals surface area contributed by atoms with Crippen LogP contribution in [-0.2, 0) is 19.7 Å². The zero-order chi connectivity index (χ0) is 20.4. The Bertz CT molecular complexity index is 1460. The van der Waals surface area contributed by atoms with Gasteiger partial charge in [0.2, 0.25) is 19.7 Å². The SMILES string of the molecule is CC=C1S(=O)(=O)c2ccc3ccccc3c2-c2c(ccc3ccccc23)S1(=O)=O. The van der Waals surface area contributed by atoms with Gasteiger partial charge in [0.1, 0.15) is 0 Å². The van der Waals surface area contributed by atoms with Gasteiger partial charge in [-0.05, 0) is 40.6 Å². The van der Waals surface area contributed by atoms with Gasteiger partial charge in [-0.25, -0.2) is 16.8 Å². The largest absolute Gasteiger partial charge is 0.218 e. The standard InChI is InChI=1S/C23H16O4S2/c1-2-21-28(24,25)19-13-11-15-7-3-5-9-17(15)22(19)23-18-10-6-4-8-16(18)12-14-20(23)29(21,26)27/h2-14H,1H3. The molecular formula is C23H16O4S2. The molecule has 4 nitrogen and oxygen atoms in total. The summed E-state index contributed by atoms with van der Waals surface area (Å²) in [6, 6.07) is 21.3. The molecule has 0 N–H and O–H groups in total. The Balaban J connectivity index is 2.18. The first-order valence-electron chi connectivity index (χ1n) is 9.08. The zero-order valence-corrected chi connectivity index (χ0v) is 17.1. The monoisotopic (exact) mass is 420 g/mol. The fourth-order valence-electron chi connectivity index (χ4n) is 4.14. The lowest BCUT2D eigenvalue weighted by molar-refractivity contribution is 0.596. The molecule has 4 aromatic rings. The summed E-state index contributed by atoms with van der Waals surface area (Å²) in [7, 11) is -8.46. The van der Waals surface area contributed by atoms with Crippen LogP contribution in [0.15, 0.2) is 92.9 Å². The van der Waals surface area contributed by atoms with Crippen molar-refractivity contribution in [1.82, 2.24) is 0 Å². The molecule has 144 valence electrons. The number of sulfone groups is 2. The van der Waals surface area contributed by atoms with Crippen LogP contribution >= 0.6 is 0 Å². The minimum absolute atomic E-state index is 0.0166. The maximum absolute atomic E-state index is 13.5. The highest BCUT2D eigenvalue weighted by molar-refractivity contribution is 8.14. The van der Waals surface area contributed by atoms with Crippen molar-refractivity contribution < 1.29 is 16.8 Å². The average molecular weight is 421 g/mol. The Kier molecular flexibility index (Phi) is 3.75. The van der Waals surface area contributed by atoms with Gasteiger partial charge in [-0.15, -0.1) is 0 Å². The molecule has 0 aliphatic carbocycles. The van der Waals surface area contributed by atoms with E-state index in [1.165, 1.54) is 25.1 Å². The smallest absolute Gasteiger partial charge is 0.218 e. The first-order valence-corrected chi connectivity index (χ1v) is 12.0. The summed E-state index contributed by atoms with van der Waals surface area (Å²) in [4.78, 5) is 0.0333. The van der Waals surface area contributed by atoms with Crippen LogP contribution in [0, 0.1) is 0 Å². The van der Waals surface area contributed by atoms with Gasteiger partial charge >= 0.3 is 0 Å². The third kappa shape index (κ3) is 2.36. The summed E-state index contributed by atoms with van der Waals surface area (Å²) in [6.07, 6.45) is 1.17. The molecule has 1 heterocycles. The second-order valence-corrected chi connectivity index (χ2v) is 11.0. The van der Waals surface area contributed by atoms with Crippen LogP contribution in [0.4, 0.5) is 0 Å². The molecule has 29 heavy (non-hydrogen) atoms. The number of fused-ring (bicyclic) bond motifs is 7. The summed E-state index contributed by atoms with van der Waals surface area (Å²) in [5.74, 6) is 0. The van der Waals surface area contributed by atoms with Crippen LogP contribution in [-0.4, -0.2) is 16.8 Å². The Morgan fingerprint density at radius 1 is 0.586 bits per heavy atom. The van der Waals surface area contributed by atoms with E-state index in [0.717, 1.165) is 10.8 Å². The van der Waals surface area contributed by atoms with E-state index < -0.39 is 23.9 Å². The summed E-state index contributed by atoms with van der Waals surface area (Å²) in [5.41, 5.74) is 0.880. The van der Waals surface area contributed by atoms with Crippen LogP contribution in [0.2, 0.25) is 0 Å². The molecule has 4 aromatic carbocycles. The predicted molar refractivity (Wildman–Crippen MR) is 115 cm³/mol. The second-order valence-electron chi connectivity index (χ2n) is 6.93. The number of hydrogen-bond donors (Lipinski definition) is 0. The summed E-state index contributed by atoms with van der Waals surface area (Å²) in [5, 5.41) is 3.11. The molecule has 5 rings (SSSR count). The van der Waals surface area contributed by atoms with Crippen molar-refractivity contribution in [3.63, 3.8) is 0 Å². The average Bonchev–Trinajstić information content (AvgIpc) is 2.77. The fourth-order valence-corrected chi connectivity index (χ4v) is 8.34. The highest BCUT2D eigenvalue weighted by atomic mass is 32.3. The second kappa shape index (κ2) is 6.02. The molecule has 0 saturated carbocycles. The number of hydrogen-bond acceptors (Lipinski definition) is 4. The van der Waals surface area contributed by atoms with Crippen molar-refractivity contribution in [2.24, 2.45) is 0 Å². The third-order valence-electron chi connectivity index (χ3n) is 5.38. The molecule has 0 amide bonds. The Labute approximate surface area is 169 Å². The van der Waals surface area contributed by atoms with Crippen molar-refractivity contribution in [2.75, 3.05) is 0 Å². The first-order chi connectivity index (χ1) is 13.9. The molecule has 6 heteroatoms. The van der Waals surface area contributed by atoms with Gasteiger partial charge in [0.15, 0.2) is 4.24 Å². The van der Waals surface area contributed by atoms with Gasteiger partial charge in [-0.3, -0.25) is 0 Å². The van der Waals surface area contributed by atoms with Crippen molar-refractivity contribution in [3.05, 3.63) is 83.1 Å². The molecule has 0 bridgehead atoms. The lowest BCUT2D eigenvalue weighted by atomic mass is 9.94. The molecule has 0 aromatic heterocycles. The van der Waals surface area contributed by atoms with Crippen LogP contribution in [0.3, 0.4) is 0 Å². The molecular weight excluding hydrogens is 404 g/mol. The maximum Gasteiger partial charge on any atom is 0.218 e. The van der Waals surface area contributed by atoms with E-state index in [9.17, 15) is 16.8 Å². The van der Waals surface area contributed by atoms with Gasteiger partial charge in [0.25, 0.3) is 0 Å². The lowest BCUT2D eigenvalue weighted by Crippen LogP contribution is -2.13. The van der Waals surface area contributed by atoms with Crippen molar-refractivity contribution in [2.45, 2.75) is 16.7 Å². The van der Waals surface area contributed by atoms with Crippen molar-refractivity contribution >= 4 is 41.2 Å². The Morgan fingerprint density at radius 2 is 1.00 bits per heavy atom. The van der Waals surface area contributed by atoms with E-state index in [4.69, 9.17) is 0 Å². The molecule has 1 aliphatic rings. The van der Waals surface area contributed by atoms with Crippen molar-refractivity contribution in [3.8, 4) is 11.1 Å². The van der Waals surface area contributed by atoms with E-state index in [-0.39, 0.29) is 9.79 Å². The van der Waals surface area contributed by atoms with Gasteiger partial charge in [-0.1, -0.05) is 66.7 Å². The molecule has 0 unspecified atom stereocenters. The van der Waals surface area contributed by atoms with E-state index in [2.05, 4.69) is 0 Å². The van der Waals surface area contributed by atoms with E-state index >= 15 is 0 Å². The van der Waals surface area contributed by atoms with Crippen LogP contribution < -0.4 is 0 Å². The van der Waals surface area contributed by atoms with E-state index in [1.54, 1.807) is 12.1 Å². The van der Waals surface area contributed by atoms with Crippen LogP contribution in [0.5, 0.6) is 0 Å². The summed E-state index contributed by atoms with van der Waals surface area (Å²) < 4.78 is 53.3. The van der Waals surface area contributed by atoms with Gasteiger partial charge in [-0.2, -0.15) is 0 Å². The highest BCUT2D eigenvalue weighted by Gasteiger charge is 2.40. The highest BCUT2D eigenvalue weighted by Crippen LogP contribution is 2.48. The molecule has 0 spiro atoms. The van der Waals surface area contributed by atoms with Crippen LogP contribution in [0.25, 0.3) is 32.7 Å². The molecule has 0 fully saturated rings. The van der Waals surface area contributed by atoms with E-state index in [0.29, 0.717) is 21.9 Å². The number of benzene rings is 4. The van der Waals surface area contributed by atoms with Gasteiger partial charge in [0, 0.05) is 11.1 Å². The topological polar surface area (TPSA) is 68.3 Å². The summed E-state index contributed by atoms with van der Waals surface area (Å²) >= 11 is 0. The lowest BCUT2D eigenvalue weighted by Gasteiger charge is -2.14. The minimum atomic E-state index is -4.23. The number of rotatable bonds is 0. The molecule has 0 radical (unpaired) electrons. The van der Waals surface area contributed by atoms with Gasteiger partial charge in [0.05, 0.1) is 9.79 Å².